The largest absolute Gasteiger partial charge is 0.274 e. The van der Waals surface area contributed by atoms with E-state index in [4.69, 9.17) is 11.6 Å². The first-order valence-electron chi connectivity index (χ1n) is 4.47. The molecule has 2 aromatic rings. The number of halogens is 2. The van der Waals surface area contributed by atoms with E-state index in [1.54, 1.807) is 6.92 Å². The fraction of sp³-hybridized carbons (Fsp3) is 0.100. The Morgan fingerprint density at radius 2 is 1.94 bits per heavy atom. The second kappa shape index (κ2) is 4.35. The van der Waals surface area contributed by atoms with Gasteiger partial charge in [0.05, 0.1) is 11.4 Å². The molecule has 0 amide bonds. The van der Waals surface area contributed by atoms with E-state index in [0.717, 1.165) is 10.2 Å². The molecule has 0 aliphatic carbocycles. The fourth-order valence-corrected chi connectivity index (χ4v) is 1.69. The molecule has 0 fully saturated rings. The smallest absolute Gasteiger partial charge is 0.274 e. The minimum absolute atomic E-state index is 0.185. The van der Waals surface area contributed by atoms with Gasteiger partial charge in [0.25, 0.3) is 5.24 Å². The van der Waals surface area contributed by atoms with Gasteiger partial charge >= 0.3 is 0 Å². The van der Waals surface area contributed by atoms with E-state index in [9.17, 15) is 4.79 Å². The lowest BCUT2D eigenvalue weighted by atomic mass is 10.3. The molecule has 1 aromatic carbocycles. The molecule has 0 spiro atoms. The maximum Gasteiger partial charge on any atom is 0.274 e. The van der Waals surface area contributed by atoms with E-state index in [1.807, 2.05) is 24.3 Å². The lowest BCUT2D eigenvalue weighted by Gasteiger charge is -1.98. The monoisotopic (exact) mass is 299 g/mol. The highest BCUT2D eigenvalue weighted by molar-refractivity contribution is 9.10. The lowest BCUT2D eigenvalue weighted by Crippen LogP contribution is -1.99. The van der Waals surface area contributed by atoms with Gasteiger partial charge in [-0.2, -0.15) is 9.90 Å². The van der Waals surface area contributed by atoms with Crippen molar-refractivity contribution >= 4 is 32.8 Å². The Labute approximate surface area is 105 Å². The Kier molecular flexibility index (Phi) is 3.07. The Balaban J connectivity index is 2.45. The average molecular weight is 301 g/mol. The summed E-state index contributed by atoms with van der Waals surface area (Å²) in [4.78, 5) is 12.4. The van der Waals surface area contributed by atoms with Crippen LogP contribution in [0.15, 0.2) is 28.7 Å². The Bertz CT molecular complexity index is 535. The Morgan fingerprint density at radius 1 is 1.31 bits per heavy atom. The van der Waals surface area contributed by atoms with Crippen molar-refractivity contribution in [3.05, 3.63) is 40.1 Å². The maximum absolute atomic E-state index is 11.0. The number of nitrogens with zero attached hydrogens (tertiary/aromatic N) is 3. The molecule has 0 radical (unpaired) electrons. The van der Waals surface area contributed by atoms with Gasteiger partial charge in [0, 0.05) is 4.47 Å². The maximum atomic E-state index is 11.0. The predicted molar refractivity (Wildman–Crippen MR) is 64.0 cm³/mol. The number of hydrogen-bond acceptors (Lipinski definition) is 3. The molecule has 4 nitrogen and oxygen atoms in total. The summed E-state index contributed by atoms with van der Waals surface area (Å²) >= 11 is 8.71. The third-order valence-corrected chi connectivity index (χ3v) is 2.73. The van der Waals surface area contributed by atoms with Gasteiger partial charge in [-0.25, -0.2) is 0 Å². The molecule has 0 aliphatic heterocycles. The fourth-order valence-electron chi connectivity index (χ4n) is 1.25. The van der Waals surface area contributed by atoms with Crippen LogP contribution in [0.1, 0.15) is 16.2 Å². The van der Waals surface area contributed by atoms with Crippen molar-refractivity contribution in [2.45, 2.75) is 6.92 Å². The highest BCUT2D eigenvalue weighted by atomic mass is 79.9. The van der Waals surface area contributed by atoms with Crippen LogP contribution < -0.4 is 0 Å². The van der Waals surface area contributed by atoms with E-state index in [0.29, 0.717) is 5.69 Å². The molecule has 0 saturated heterocycles. The third-order valence-electron chi connectivity index (χ3n) is 2.03. The summed E-state index contributed by atoms with van der Waals surface area (Å²) in [5.74, 6) is 0. The van der Waals surface area contributed by atoms with Crippen LogP contribution in [-0.4, -0.2) is 20.2 Å². The zero-order valence-corrected chi connectivity index (χ0v) is 10.7. The van der Waals surface area contributed by atoms with E-state index >= 15 is 0 Å². The first-order valence-corrected chi connectivity index (χ1v) is 5.65. The zero-order chi connectivity index (χ0) is 11.7. The SMILES string of the molecule is Cc1nn(-c2ccc(Br)cc2)nc1C(=O)Cl. The van der Waals surface area contributed by atoms with Crippen molar-refractivity contribution in [2.24, 2.45) is 0 Å². The van der Waals surface area contributed by atoms with E-state index < -0.39 is 5.24 Å². The average Bonchev–Trinajstić information content (AvgIpc) is 2.61. The van der Waals surface area contributed by atoms with Gasteiger partial charge in [-0.15, -0.1) is 5.10 Å². The van der Waals surface area contributed by atoms with Crippen LogP contribution in [0.5, 0.6) is 0 Å². The first kappa shape index (κ1) is 11.3. The first-order chi connectivity index (χ1) is 7.58. The van der Waals surface area contributed by atoms with E-state index in [1.165, 1.54) is 4.80 Å². The molecule has 82 valence electrons. The summed E-state index contributed by atoms with van der Waals surface area (Å²) in [6.07, 6.45) is 0. The number of benzene rings is 1. The van der Waals surface area contributed by atoms with Gasteiger partial charge in [-0.3, -0.25) is 4.79 Å². The molecular formula is C10H7BrClN3O. The molecule has 0 atom stereocenters. The summed E-state index contributed by atoms with van der Waals surface area (Å²) in [6, 6.07) is 7.42. The molecule has 0 saturated carbocycles. The van der Waals surface area contributed by atoms with Gasteiger partial charge in [0.1, 0.15) is 0 Å². The summed E-state index contributed by atoms with van der Waals surface area (Å²) in [6.45, 7) is 1.69. The van der Waals surface area contributed by atoms with Gasteiger partial charge in [-0.05, 0) is 42.8 Å². The Hall–Kier alpha value is -1.20. The highest BCUT2D eigenvalue weighted by Crippen LogP contribution is 2.14. The van der Waals surface area contributed by atoms with Crippen LogP contribution in [0.25, 0.3) is 5.69 Å². The molecule has 2 rings (SSSR count). The molecule has 0 aliphatic rings. The zero-order valence-electron chi connectivity index (χ0n) is 8.32. The van der Waals surface area contributed by atoms with Crippen molar-refractivity contribution in [3.63, 3.8) is 0 Å². The second-order valence-electron chi connectivity index (χ2n) is 3.17. The molecule has 16 heavy (non-hydrogen) atoms. The number of carbonyl (C=O) groups is 1. The van der Waals surface area contributed by atoms with E-state index in [2.05, 4.69) is 26.1 Å². The van der Waals surface area contributed by atoms with E-state index in [-0.39, 0.29) is 5.69 Å². The normalized spacial score (nSPS) is 10.4. The minimum Gasteiger partial charge on any atom is -0.274 e. The van der Waals surface area contributed by atoms with Crippen LogP contribution in [0.3, 0.4) is 0 Å². The second-order valence-corrected chi connectivity index (χ2v) is 4.43. The third kappa shape index (κ3) is 2.15. The highest BCUT2D eigenvalue weighted by Gasteiger charge is 2.13. The molecule has 6 heteroatoms. The number of hydrogen-bond donors (Lipinski definition) is 0. The summed E-state index contributed by atoms with van der Waals surface area (Å²) in [5, 5.41) is 7.54. The van der Waals surface area contributed by atoms with Gasteiger partial charge in [-0.1, -0.05) is 15.9 Å². The van der Waals surface area contributed by atoms with Crippen molar-refractivity contribution in [3.8, 4) is 5.69 Å². The van der Waals surface area contributed by atoms with Crippen LogP contribution >= 0.6 is 27.5 Å². The number of carbonyl (C=O) groups excluding carboxylic acids is 1. The standard InChI is InChI=1S/C10H7BrClN3O/c1-6-9(10(12)16)14-15(13-6)8-4-2-7(11)3-5-8/h2-5H,1H3. The van der Waals surface area contributed by atoms with Crippen LogP contribution in [0.2, 0.25) is 0 Å². The minimum atomic E-state index is -0.596. The summed E-state index contributed by atoms with van der Waals surface area (Å²) in [5.41, 5.74) is 1.47. The molecule has 0 bridgehead atoms. The quantitative estimate of drug-likeness (QED) is 0.801. The molecule has 0 unspecified atom stereocenters. The molecule has 0 N–H and O–H groups in total. The van der Waals surface area contributed by atoms with Crippen LogP contribution in [-0.2, 0) is 0 Å². The van der Waals surface area contributed by atoms with Crippen molar-refractivity contribution in [2.75, 3.05) is 0 Å². The van der Waals surface area contributed by atoms with Crippen molar-refractivity contribution in [1.29, 1.82) is 0 Å². The van der Waals surface area contributed by atoms with Gasteiger partial charge < -0.3 is 0 Å². The molecular weight excluding hydrogens is 293 g/mol. The summed E-state index contributed by atoms with van der Waals surface area (Å²) < 4.78 is 0.966. The van der Waals surface area contributed by atoms with Gasteiger partial charge in [0.2, 0.25) is 0 Å². The number of aryl methyl sites for hydroxylation is 1. The van der Waals surface area contributed by atoms with Crippen molar-refractivity contribution in [1.82, 2.24) is 15.0 Å². The molecule has 1 heterocycles. The van der Waals surface area contributed by atoms with Crippen LogP contribution in [0, 0.1) is 6.92 Å². The molecule has 1 aromatic heterocycles. The predicted octanol–water partition coefficient (Wildman–Crippen LogP) is 2.72. The number of rotatable bonds is 2. The van der Waals surface area contributed by atoms with Gasteiger partial charge in [0.15, 0.2) is 5.69 Å². The Morgan fingerprint density at radius 3 is 2.44 bits per heavy atom. The van der Waals surface area contributed by atoms with Crippen LogP contribution in [0.4, 0.5) is 0 Å². The summed E-state index contributed by atoms with van der Waals surface area (Å²) in [7, 11) is 0. The van der Waals surface area contributed by atoms with Crippen molar-refractivity contribution < 1.29 is 4.79 Å². The lowest BCUT2D eigenvalue weighted by molar-refractivity contribution is 0.107. The topological polar surface area (TPSA) is 47.8 Å². The number of aromatic nitrogens is 3.